The molecule has 1 aromatic heterocycles. The monoisotopic (exact) mass is 306 g/mol. The number of hydrogen-bond donors (Lipinski definition) is 2. The highest BCUT2D eigenvalue weighted by Gasteiger charge is 2.11. The zero-order valence-corrected chi connectivity index (χ0v) is 12.6. The Kier molecular flexibility index (Phi) is 5.06. The van der Waals surface area contributed by atoms with Crippen LogP contribution in [0.15, 0.2) is 42.6 Å². The lowest BCUT2D eigenvalue weighted by atomic mass is 10.1. The molecule has 0 unspecified atom stereocenters. The fourth-order valence-corrected chi connectivity index (χ4v) is 2.99. The minimum atomic E-state index is -3.43. The fourth-order valence-electron chi connectivity index (χ4n) is 1.88. The third-order valence-corrected chi connectivity index (χ3v) is 4.30. The maximum Gasteiger partial charge on any atom is 0.216 e. The quantitative estimate of drug-likeness (QED) is 0.847. The van der Waals surface area contributed by atoms with Gasteiger partial charge in [0, 0.05) is 18.4 Å². The summed E-state index contributed by atoms with van der Waals surface area (Å²) < 4.78 is 26.6. The first-order valence-electron chi connectivity index (χ1n) is 6.56. The number of aryl methyl sites for hydroxylation is 1. The van der Waals surface area contributed by atoms with Gasteiger partial charge in [0.05, 0.1) is 12.4 Å². The Bertz CT molecular complexity index is 697. The van der Waals surface area contributed by atoms with E-state index in [9.17, 15) is 8.42 Å². The lowest BCUT2D eigenvalue weighted by Crippen LogP contribution is -2.24. The molecule has 21 heavy (non-hydrogen) atoms. The number of aliphatic hydroxyl groups excluding tert-OH is 1. The molecule has 2 N–H and O–H groups in total. The van der Waals surface area contributed by atoms with Crippen molar-refractivity contribution >= 4 is 10.0 Å². The summed E-state index contributed by atoms with van der Waals surface area (Å²) in [6, 6.07) is 10.6. The second-order valence-corrected chi connectivity index (χ2v) is 6.67. The molecule has 0 atom stereocenters. The van der Waals surface area contributed by atoms with Gasteiger partial charge in [-0.1, -0.05) is 30.3 Å². The van der Waals surface area contributed by atoms with E-state index in [0.717, 1.165) is 11.3 Å². The molecule has 6 heteroatoms. The van der Waals surface area contributed by atoms with Gasteiger partial charge >= 0.3 is 0 Å². The summed E-state index contributed by atoms with van der Waals surface area (Å²) in [4.78, 5) is 4.12. The van der Waals surface area contributed by atoms with Crippen LogP contribution in [0.3, 0.4) is 0 Å². The Morgan fingerprint density at radius 1 is 1.14 bits per heavy atom. The van der Waals surface area contributed by atoms with Crippen LogP contribution in [-0.4, -0.2) is 18.5 Å². The lowest BCUT2D eigenvalue weighted by molar-refractivity contribution is 0.282. The number of aliphatic hydroxyl groups is 1. The molecule has 0 saturated heterocycles. The number of hydrogen-bond acceptors (Lipinski definition) is 4. The molecule has 0 aliphatic carbocycles. The van der Waals surface area contributed by atoms with Gasteiger partial charge in [-0.2, -0.15) is 0 Å². The van der Waals surface area contributed by atoms with E-state index in [1.165, 1.54) is 0 Å². The largest absolute Gasteiger partial charge is 0.392 e. The van der Waals surface area contributed by atoms with Crippen LogP contribution in [0.4, 0.5) is 0 Å². The Balaban J connectivity index is 1.99. The van der Waals surface area contributed by atoms with Gasteiger partial charge in [-0.25, -0.2) is 13.1 Å². The highest BCUT2D eigenvalue weighted by molar-refractivity contribution is 7.88. The summed E-state index contributed by atoms with van der Waals surface area (Å²) in [5.41, 5.74) is 3.05. The van der Waals surface area contributed by atoms with Gasteiger partial charge in [-0.05, 0) is 29.7 Å². The van der Waals surface area contributed by atoms with Crippen LogP contribution < -0.4 is 4.72 Å². The minimum Gasteiger partial charge on any atom is -0.392 e. The molecule has 0 aliphatic heterocycles. The Labute approximate surface area is 124 Å². The average molecular weight is 306 g/mol. The summed E-state index contributed by atoms with van der Waals surface area (Å²) in [5.74, 6) is -0.111. The molecule has 2 aromatic rings. The SMILES string of the molecule is Cc1ccc(CNS(=O)(=O)Cc2cccc(CO)c2)cn1. The van der Waals surface area contributed by atoms with Gasteiger partial charge in [0.25, 0.3) is 0 Å². The first kappa shape index (κ1) is 15.6. The van der Waals surface area contributed by atoms with Gasteiger partial charge in [0.1, 0.15) is 0 Å². The van der Waals surface area contributed by atoms with Crippen LogP contribution >= 0.6 is 0 Å². The zero-order valence-electron chi connectivity index (χ0n) is 11.8. The van der Waals surface area contributed by atoms with Crippen molar-refractivity contribution in [1.29, 1.82) is 0 Å². The predicted molar refractivity (Wildman–Crippen MR) is 80.8 cm³/mol. The first-order chi connectivity index (χ1) is 9.98. The van der Waals surface area contributed by atoms with E-state index in [4.69, 9.17) is 5.11 Å². The second-order valence-electron chi connectivity index (χ2n) is 4.87. The molecule has 1 aromatic carbocycles. The molecular formula is C15H18N2O3S. The standard InChI is InChI=1S/C15H18N2O3S/c1-12-5-6-15(8-16-12)9-17-21(19,20)11-14-4-2-3-13(7-14)10-18/h2-8,17-18H,9-11H2,1H3. The number of nitrogens with one attached hydrogen (secondary N) is 1. The van der Waals surface area contributed by atoms with Gasteiger partial charge in [0.2, 0.25) is 10.0 Å². The number of sulfonamides is 1. The Morgan fingerprint density at radius 2 is 1.90 bits per heavy atom. The van der Waals surface area contributed by atoms with E-state index >= 15 is 0 Å². The zero-order chi connectivity index (χ0) is 15.3. The third kappa shape index (κ3) is 4.93. The number of benzene rings is 1. The van der Waals surface area contributed by atoms with Crippen LogP contribution in [0, 0.1) is 6.92 Å². The Morgan fingerprint density at radius 3 is 2.57 bits per heavy atom. The molecule has 0 radical (unpaired) electrons. The summed E-state index contributed by atoms with van der Waals surface area (Å²) in [6.45, 7) is 1.99. The van der Waals surface area contributed by atoms with Crippen molar-refractivity contribution in [2.75, 3.05) is 0 Å². The predicted octanol–water partition coefficient (Wildman–Crippen LogP) is 1.50. The summed E-state index contributed by atoms with van der Waals surface area (Å²) in [7, 11) is -3.43. The molecule has 0 aliphatic rings. The van der Waals surface area contributed by atoms with Crippen molar-refractivity contribution in [3.8, 4) is 0 Å². The second kappa shape index (κ2) is 6.80. The molecule has 0 saturated carbocycles. The van der Waals surface area contributed by atoms with E-state index in [1.807, 2.05) is 19.1 Å². The number of rotatable bonds is 6. The van der Waals surface area contributed by atoms with Gasteiger partial charge in [-0.3, -0.25) is 4.98 Å². The van der Waals surface area contributed by atoms with Crippen LogP contribution in [0.2, 0.25) is 0 Å². The highest BCUT2D eigenvalue weighted by atomic mass is 32.2. The van der Waals surface area contributed by atoms with E-state index < -0.39 is 10.0 Å². The Hall–Kier alpha value is -1.76. The van der Waals surface area contributed by atoms with Crippen molar-refractivity contribution in [3.05, 3.63) is 65.0 Å². The van der Waals surface area contributed by atoms with Crippen molar-refractivity contribution in [3.63, 3.8) is 0 Å². The van der Waals surface area contributed by atoms with Crippen molar-refractivity contribution in [1.82, 2.24) is 9.71 Å². The number of aromatic nitrogens is 1. The maximum absolute atomic E-state index is 12.0. The van der Waals surface area contributed by atoms with Crippen LogP contribution in [0.1, 0.15) is 22.4 Å². The molecule has 0 spiro atoms. The van der Waals surface area contributed by atoms with Crippen molar-refractivity contribution < 1.29 is 13.5 Å². The molecule has 5 nitrogen and oxygen atoms in total. The fraction of sp³-hybridized carbons (Fsp3) is 0.267. The molecular weight excluding hydrogens is 288 g/mol. The normalized spacial score (nSPS) is 11.5. The number of pyridine rings is 1. The molecule has 1 heterocycles. The molecule has 0 fully saturated rings. The minimum absolute atomic E-state index is 0.101. The van der Waals surface area contributed by atoms with Gasteiger partial charge in [0.15, 0.2) is 0 Å². The molecule has 112 valence electrons. The molecule has 0 bridgehead atoms. The van der Waals surface area contributed by atoms with Gasteiger partial charge in [-0.15, -0.1) is 0 Å². The molecule has 0 amide bonds. The smallest absolute Gasteiger partial charge is 0.216 e. The lowest BCUT2D eigenvalue weighted by Gasteiger charge is -2.08. The average Bonchev–Trinajstić information content (AvgIpc) is 2.46. The number of nitrogens with zero attached hydrogens (tertiary/aromatic N) is 1. The van der Waals surface area contributed by atoms with Crippen molar-refractivity contribution in [2.24, 2.45) is 0 Å². The van der Waals surface area contributed by atoms with E-state index in [2.05, 4.69) is 9.71 Å². The van der Waals surface area contributed by atoms with Crippen LogP contribution in [0.25, 0.3) is 0 Å². The van der Waals surface area contributed by atoms with Gasteiger partial charge < -0.3 is 5.11 Å². The maximum atomic E-state index is 12.0. The van der Waals surface area contributed by atoms with E-state index in [0.29, 0.717) is 11.1 Å². The first-order valence-corrected chi connectivity index (χ1v) is 8.21. The summed E-state index contributed by atoms with van der Waals surface area (Å²) in [5, 5.41) is 9.06. The van der Waals surface area contributed by atoms with Crippen LogP contribution in [0.5, 0.6) is 0 Å². The third-order valence-electron chi connectivity index (χ3n) is 3.00. The summed E-state index contributed by atoms with van der Waals surface area (Å²) >= 11 is 0. The van der Waals surface area contributed by atoms with Crippen LogP contribution in [-0.2, 0) is 28.9 Å². The topological polar surface area (TPSA) is 79.3 Å². The molecule has 2 rings (SSSR count). The highest BCUT2D eigenvalue weighted by Crippen LogP contribution is 2.09. The summed E-state index contributed by atoms with van der Waals surface area (Å²) in [6.07, 6.45) is 1.66. The van der Waals surface area contributed by atoms with Crippen molar-refractivity contribution in [2.45, 2.75) is 25.8 Å². The van der Waals surface area contributed by atoms with E-state index in [1.54, 1.807) is 30.5 Å². The van der Waals surface area contributed by atoms with E-state index in [-0.39, 0.29) is 18.9 Å².